The van der Waals surface area contributed by atoms with E-state index in [-0.39, 0.29) is 41.0 Å². The summed E-state index contributed by atoms with van der Waals surface area (Å²) in [5.74, 6) is 0.531. The lowest BCUT2D eigenvalue weighted by Crippen LogP contribution is -2.45. The fourth-order valence-electron chi connectivity index (χ4n) is 3.29. The minimum atomic E-state index is -4.19. The monoisotopic (exact) mass is 575 g/mol. The van der Waals surface area contributed by atoms with E-state index in [9.17, 15) is 21.6 Å². The third-order valence-corrected chi connectivity index (χ3v) is 6.45. The minimum absolute atomic E-state index is 0. The Labute approximate surface area is 198 Å². The molecule has 1 saturated heterocycles. The van der Waals surface area contributed by atoms with Gasteiger partial charge in [0.25, 0.3) is 0 Å². The van der Waals surface area contributed by atoms with Crippen molar-refractivity contribution in [2.45, 2.75) is 55.9 Å². The molecular weight excluding hydrogens is 546 g/mol. The molecule has 1 unspecified atom stereocenters. The molecule has 1 saturated carbocycles. The molecule has 3 rings (SSSR count). The first-order valence-electron chi connectivity index (χ1n) is 10.1. The van der Waals surface area contributed by atoms with Crippen molar-refractivity contribution in [1.82, 2.24) is 20.3 Å². The summed E-state index contributed by atoms with van der Waals surface area (Å²) in [6.07, 6.45) is -1.83. The van der Waals surface area contributed by atoms with Crippen molar-refractivity contribution in [2.24, 2.45) is 4.99 Å². The Morgan fingerprint density at radius 2 is 1.84 bits per heavy atom. The average molecular weight is 575 g/mol. The molecule has 0 aromatic heterocycles. The van der Waals surface area contributed by atoms with Crippen molar-refractivity contribution in [2.75, 3.05) is 26.2 Å². The quantitative estimate of drug-likeness (QED) is 0.252. The van der Waals surface area contributed by atoms with Crippen molar-refractivity contribution in [3.05, 3.63) is 29.8 Å². The second kappa shape index (κ2) is 11.1. The molecule has 1 aromatic carbocycles. The van der Waals surface area contributed by atoms with Gasteiger partial charge in [-0.1, -0.05) is 12.1 Å². The Morgan fingerprint density at radius 3 is 2.42 bits per heavy atom. The van der Waals surface area contributed by atoms with E-state index in [1.54, 1.807) is 24.3 Å². The van der Waals surface area contributed by atoms with E-state index in [4.69, 9.17) is 0 Å². The van der Waals surface area contributed by atoms with Gasteiger partial charge in [0.15, 0.2) is 5.96 Å². The van der Waals surface area contributed by atoms with Crippen molar-refractivity contribution < 1.29 is 21.6 Å². The Balaban J connectivity index is 0.00000341. The molecule has 2 aliphatic rings. The molecule has 3 N–H and O–H groups in total. The molecule has 0 amide bonds. The lowest BCUT2D eigenvalue weighted by atomic mass is 10.2. The number of alkyl halides is 3. The zero-order valence-electron chi connectivity index (χ0n) is 17.3. The normalized spacial score (nSPS) is 20.4. The standard InChI is InChI=1S/C19H28F3N5O2S.HI/c1-2-23-18(25-16-9-10-27(12-16)13-19(20,21)22)24-11-14-3-7-17(8-4-14)30(28,29)26-15-5-6-15;/h3-4,7-8,15-16,26H,2,5-6,9-13H2,1H3,(H2,23,24,25);1H. The largest absolute Gasteiger partial charge is 0.401 e. The Hall–Kier alpha value is -1.12. The summed E-state index contributed by atoms with van der Waals surface area (Å²) in [5, 5.41) is 6.29. The number of nitrogens with one attached hydrogen (secondary N) is 3. The summed E-state index contributed by atoms with van der Waals surface area (Å²) in [6, 6.07) is 6.50. The van der Waals surface area contributed by atoms with Gasteiger partial charge >= 0.3 is 6.18 Å². The molecule has 0 radical (unpaired) electrons. The van der Waals surface area contributed by atoms with Gasteiger partial charge in [0, 0.05) is 31.7 Å². The first-order valence-corrected chi connectivity index (χ1v) is 11.6. The number of nitrogens with zero attached hydrogens (tertiary/aromatic N) is 2. The molecule has 12 heteroatoms. The molecular formula is C19H29F3IN5O2S. The number of halogens is 4. The summed E-state index contributed by atoms with van der Waals surface area (Å²) in [4.78, 5) is 6.10. The van der Waals surface area contributed by atoms with Crippen molar-refractivity contribution >= 4 is 40.0 Å². The molecule has 176 valence electrons. The first kappa shape index (κ1) is 26.1. The number of aliphatic imine (C=N–C) groups is 1. The summed E-state index contributed by atoms with van der Waals surface area (Å²) < 4.78 is 64.7. The van der Waals surface area contributed by atoms with E-state index in [0.29, 0.717) is 38.6 Å². The number of benzene rings is 1. The highest BCUT2D eigenvalue weighted by atomic mass is 127. The average Bonchev–Trinajstić information content (AvgIpc) is 3.36. The molecule has 1 atom stereocenters. The van der Waals surface area contributed by atoms with E-state index in [1.165, 1.54) is 4.90 Å². The smallest absolute Gasteiger partial charge is 0.357 e. The predicted molar refractivity (Wildman–Crippen MR) is 124 cm³/mol. The molecule has 1 aliphatic heterocycles. The topological polar surface area (TPSA) is 85.8 Å². The van der Waals surface area contributed by atoms with Crippen LogP contribution in [0.1, 0.15) is 31.7 Å². The maximum Gasteiger partial charge on any atom is 0.401 e. The fourth-order valence-corrected chi connectivity index (χ4v) is 4.60. The third-order valence-electron chi connectivity index (χ3n) is 4.91. The van der Waals surface area contributed by atoms with Gasteiger partial charge in [0.2, 0.25) is 10.0 Å². The Bertz CT molecular complexity index is 845. The van der Waals surface area contributed by atoms with Crippen LogP contribution < -0.4 is 15.4 Å². The number of rotatable bonds is 8. The van der Waals surface area contributed by atoms with Crippen LogP contribution in [0.25, 0.3) is 0 Å². The lowest BCUT2D eigenvalue weighted by molar-refractivity contribution is -0.143. The summed E-state index contributed by atoms with van der Waals surface area (Å²) in [5.41, 5.74) is 0.836. The van der Waals surface area contributed by atoms with Crippen LogP contribution in [0.15, 0.2) is 34.2 Å². The second-order valence-corrected chi connectivity index (χ2v) is 9.43. The highest BCUT2D eigenvalue weighted by Crippen LogP contribution is 2.22. The summed E-state index contributed by atoms with van der Waals surface area (Å²) >= 11 is 0. The number of hydrogen-bond acceptors (Lipinski definition) is 4. The first-order chi connectivity index (χ1) is 14.1. The van der Waals surface area contributed by atoms with Crippen LogP contribution in [-0.4, -0.2) is 63.7 Å². The highest BCUT2D eigenvalue weighted by Gasteiger charge is 2.34. The second-order valence-electron chi connectivity index (χ2n) is 7.71. The van der Waals surface area contributed by atoms with Gasteiger partial charge in [0.05, 0.1) is 18.0 Å². The van der Waals surface area contributed by atoms with Gasteiger partial charge in [0.1, 0.15) is 0 Å². The number of guanidine groups is 1. The molecule has 7 nitrogen and oxygen atoms in total. The Morgan fingerprint density at radius 1 is 1.16 bits per heavy atom. The maximum atomic E-state index is 12.6. The van der Waals surface area contributed by atoms with Crippen LogP contribution in [0.3, 0.4) is 0 Å². The Kier molecular flexibility index (Phi) is 9.40. The highest BCUT2D eigenvalue weighted by molar-refractivity contribution is 14.0. The molecule has 31 heavy (non-hydrogen) atoms. The molecule has 2 fully saturated rings. The van der Waals surface area contributed by atoms with Crippen LogP contribution >= 0.6 is 24.0 Å². The van der Waals surface area contributed by atoms with Crippen molar-refractivity contribution in [1.29, 1.82) is 0 Å². The molecule has 1 heterocycles. The van der Waals surface area contributed by atoms with Gasteiger partial charge in [-0.2, -0.15) is 13.2 Å². The van der Waals surface area contributed by atoms with E-state index < -0.39 is 22.7 Å². The van der Waals surface area contributed by atoms with Crippen molar-refractivity contribution in [3.8, 4) is 0 Å². The molecule has 1 aliphatic carbocycles. The van der Waals surface area contributed by atoms with E-state index in [2.05, 4.69) is 20.3 Å². The van der Waals surface area contributed by atoms with Crippen LogP contribution in [0.2, 0.25) is 0 Å². The van der Waals surface area contributed by atoms with Crippen LogP contribution in [0.4, 0.5) is 13.2 Å². The van der Waals surface area contributed by atoms with E-state index in [1.807, 2.05) is 6.92 Å². The maximum absolute atomic E-state index is 12.6. The zero-order valence-corrected chi connectivity index (χ0v) is 20.4. The van der Waals surface area contributed by atoms with Gasteiger partial charge in [-0.25, -0.2) is 18.1 Å². The zero-order chi connectivity index (χ0) is 21.8. The number of sulfonamides is 1. The molecule has 0 spiro atoms. The van der Waals surface area contributed by atoms with E-state index in [0.717, 1.165) is 18.4 Å². The van der Waals surface area contributed by atoms with Gasteiger partial charge in [-0.15, -0.1) is 24.0 Å². The molecule has 1 aromatic rings. The summed E-state index contributed by atoms with van der Waals surface area (Å²) in [7, 11) is -3.48. The number of likely N-dealkylation sites (tertiary alicyclic amines) is 1. The van der Waals surface area contributed by atoms with Crippen LogP contribution in [-0.2, 0) is 16.6 Å². The SMILES string of the molecule is CCNC(=NCc1ccc(S(=O)(=O)NC2CC2)cc1)NC1CCN(CC(F)(F)F)C1.I. The predicted octanol–water partition coefficient (Wildman–Crippen LogP) is 2.44. The minimum Gasteiger partial charge on any atom is -0.357 e. The third kappa shape index (κ3) is 8.73. The van der Waals surface area contributed by atoms with Gasteiger partial charge in [-0.05, 0) is 43.9 Å². The molecule has 0 bridgehead atoms. The summed E-state index contributed by atoms with van der Waals surface area (Å²) in [6.45, 7) is 2.66. The van der Waals surface area contributed by atoms with Gasteiger partial charge < -0.3 is 10.6 Å². The van der Waals surface area contributed by atoms with Crippen molar-refractivity contribution in [3.63, 3.8) is 0 Å². The van der Waals surface area contributed by atoms with Crippen LogP contribution in [0.5, 0.6) is 0 Å². The van der Waals surface area contributed by atoms with E-state index >= 15 is 0 Å². The fraction of sp³-hybridized carbons (Fsp3) is 0.632. The lowest BCUT2D eigenvalue weighted by Gasteiger charge is -2.19. The van der Waals surface area contributed by atoms with Gasteiger partial charge in [-0.3, -0.25) is 4.90 Å². The van der Waals surface area contributed by atoms with Crippen LogP contribution in [0, 0.1) is 0 Å². The number of hydrogen-bond donors (Lipinski definition) is 3.